The van der Waals surface area contributed by atoms with Gasteiger partial charge in [-0.25, -0.2) is 0 Å². The fourth-order valence-corrected chi connectivity index (χ4v) is 3.08. The number of carbonyl (C=O) groups excluding carboxylic acids is 1. The number of rotatable bonds is 8. The number of aliphatic imine (C=N–C) groups is 1. The molecule has 1 aliphatic heterocycles. The maximum Gasteiger partial charge on any atom is 0.305 e. The van der Waals surface area contributed by atoms with Crippen LogP contribution in [0.4, 0.5) is 5.69 Å². The minimum atomic E-state index is -0.158. The maximum absolute atomic E-state index is 11.1. The standard InChI is InChI=1S/C19H30N4O3/c1-20-19(21-12-7-6-10-18(24)26-3)22-15-11-13-23(14-15)16-8-4-5-9-17(16)25-2/h4-5,8-9,15H,6-7,10-14H2,1-3H3,(H2,20,21,22). The van der Waals surface area contributed by atoms with Gasteiger partial charge in [0, 0.05) is 39.1 Å². The summed E-state index contributed by atoms with van der Waals surface area (Å²) in [6.45, 7) is 2.66. The molecule has 0 aliphatic carbocycles. The summed E-state index contributed by atoms with van der Waals surface area (Å²) in [6.07, 6.45) is 3.21. The van der Waals surface area contributed by atoms with E-state index in [9.17, 15) is 4.79 Å². The molecule has 1 unspecified atom stereocenters. The fourth-order valence-electron chi connectivity index (χ4n) is 3.08. The van der Waals surface area contributed by atoms with Crippen molar-refractivity contribution in [1.29, 1.82) is 0 Å². The van der Waals surface area contributed by atoms with Crippen LogP contribution in [-0.2, 0) is 9.53 Å². The lowest BCUT2D eigenvalue weighted by atomic mass is 10.2. The van der Waals surface area contributed by atoms with Gasteiger partial charge in [0.25, 0.3) is 0 Å². The molecule has 1 atom stereocenters. The molecule has 0 saturated carbocycles. The van der Waals surface area contributed by atoms with Gasteiger partial charge in [0.05, 0.1) is 19.9 Å². The predicted octanol–water partition coefficient (Wildman–Crippen LogP) is 1.78. The number of esters is 1. The highest BCUT2D eigenvalue weighted by atomic mass is 16.5. The van der Waals surface area contributed by atoms with E-state index in [0.29, 0.717) is 12.5 Å². The first-order valence-electron chi connectivity index (χ1n) is 9.10. The van der Waals surface area contributed by atoms with Crippen molar-refractivity contribution in [1.82, 2.24) is 10.6 Å². The number of nitrogens with one attached hydrogen (secondary N) is 2. The Labute approximate surface area is 155 Å². The van der Waals surface area contributed by atoms with Gasteiger partial charge in [-0.15, -0.1) is 0 Å². The molecule has 2 N–H and O–H groups in total. The third-order valence-corrected chi connectivity index (χ3v) is 4.51. The Bertz CT molecular complexity index is 606. The van der Waals surface area contributed by atoms with Crippen molar-refractivity contribution in [3.63, 3.8) is 0 Å². The number of guanidine groups is 1. The number of methoxy groups -OCH3 is 2. The quantitative estimate of drug-likeness (QED) is 0.318. The van der Waals surface area contributed by atoms with Gasteiger partial charge >= 0.3 is 5.97 Å². The first-order valence-corrected chi connectivity index (χ1v) is 9.10. The van der Waals surface area contributed by atoms with Gasteiger partial charge in [-0.05, 0) is 31.4 Å². The molecule has 0 bridgehead atoms. The van der Waals surface area contributed by atoms with E-state index in [2.05, 4.69) is 31.3 Å². The Kier molecular flexibility index (Phi) is 8.05. The summed E-state index contributed by atoms with van der Waals surface area (Å²) >= 11 is 0. The van der Waals surface area contributed by atoms with E-state index in [1.165, 1.54) is 7.11 Å². The van der Waals surface area contributed by atoms with Gasteiger partial charge in [-0.3, -0.25) is 9.79 Å². The molecule has 26 heavy (non-hydrogen) atoms. The summed E-state index contributed by atoms with van der Waals surface area (Å²) in [4.78, 5) is 17.7. The van der Waals surface area contributed by atoms with Gasteiger partial charge < -0.3 is 25.0 Å². The molecule has 2 rings (SSSR count). The minimum absolute atomic E-state index is 0.158. The molecule has 0 radical (unpaired) electrons. The lowest BCUT2D eigenvalue weighted by Gasteiger charge is -2.22. The van der Waals surface area contributed by atoms with Crippen molar-refractivity contribution in [2.75, 3.05) is 45.8 Å². The second kappa shape index (κ2) is 10.5. The van der Waals surface area contributed by atoms with Crippen LogP contribution >= 0.6 is 0 Å². The number of nitrogens with zero attached hydrogens (tertiary/aromatic N) is 2. The highest BCUT2D eigenvalue weighted by Gasteiger charge is 2.25. The van der Waals surface area contributed by atoms with Gasteiger partial charge in [0.15, 0.2) is 5.96 Å². The third-order valence-electron chi connectivity index (χ3n) is 4.51. The second-order valence-electron chi connectivity index (χ2n) is 6.28. The van der Waals surface area contributed by atoms with Crippen LogP contribution < -0.4 is 20.3 Å². The van der Waals surface area contributed by atoms with E-state index in [1.807, 2.05) is 18.2 Å². The number of unbranched alkanes of at least 4 members (excludes halogenated alkanes) is 1. The molecule has 1 aromatic rings. The van der Waals surface area contributed by atoms with Crippen molar-refractivity contribution in [3.8, 4) is 5.75 Å². The Hall–Kier alpha value is -2.44. The number of hydrogen-bond acceptors (Lipinski definition) is 5. The summed E-state index contributed by atoms with van der Waals surface area (Å²) in [5.41, 5.74) is 1.13. The van der Waals surface area contributed by atoms with Gasteiger partial charge in [-0.2, -0.15) is 0 Å². The second-order valence-corrected chi connectivity index (χ2v) is 6.28. The first kappa shape index (κ1) is 19.9. The lowest BCUT2D eigenvalue weighted by Crippen LogP contribution is -2.44. The van der Waals surface area contributed by atoms with Crippen LogP contribution in [0.1, 0.15) is 25.7 Å². The minimum Gasteiger partial charge on any atom is -0.495 e. The molecule has 7 heteroatoms. The molecule has 0 aromatic heterocycles. The van der Waals surface area contributed by atoms with E-state index in [4.69, 9.17) is 4.74 Å². The molecule has 1 aromatic carbocycles. The number of para-hydroxylation sites is 2. The van der Waals surface area contributed by atoms with E-state index < -0.39 is 0 Å². The van der Waals surface area contributed by atoms with Crippen molar-refractivity contribution >= 4 is 17.6 Å². The average molecular weight is 362 g/mol. The summed E-state index contributed by atoms with van der Waals surface area (Å²) in [5.74, 6) is 1.55. The van der Waals surface area contributed by atoms with Crippen LogP contribution in [0.15, 0.2) is 29.3 Å². The van der Waals surface area contributed by atoms with E-state index >= 15 is 0 Å². The topological polar surface area (TPSA) is 75.2 Å². The number of benzene rings is 1. The third kappa shape index (κ3) is 5.82. The largest absolute Gasteiger partial charge is 0.495 e. The Morgan fingerprint density at radius 2 is 2.12 bits per heavy atom. The van der Waals surface area contributed by atoms with Gasteiger partial charge in [0.1, 0.15) is 5.75 Å². The Morgan fingerprint density at radius 1 is 1.31 bits per heavy atom. The molecule has 144 valence electrons. The fraction of sp³-hybridized carbons (Fsp3) is 0.579. The molecular weight excluding hydrogens is 332 g/mol. The zero-order valence-electron chi connectivity index (χ0n) is 16.0. The van der Waals surface area contributed by atoms with Crippen LogP contribution in [0.25, 0.3) is 0 Å². The smallest absolute Gasteiger partial charge is 0.305 e. The van der Waals surface area contributed by atoms with Crippen LogP contribution in [0.2, 0.25) is 0 Å². The van der Waals surface area contributed by atoms with E-state index in [-0.39, 0.29) is 5.97 Å². The van der Waals surface area contributed by atoms with Crippen LogP contribution in [0.3, 0.4) is 0 Å². The summed E-state index contributed by atoms with van der Waals surface area (Å²) in [5, 5.41) is 6.79. The van der Waals surface area contributed by atoms with Crippen LogP contribution in [-0.4, -0.2) is 58.9 Å². The summed E-state index contributed by atoms with van der Waals surface area (Å²) in [6, 6.07) is 8.44. The molecular formula is C19H30N4O3. The number of anilines is 1. The van der Waals surface area contributed by atoms with Crippen LogP contribution in [0.5, 0.6) is 5.75 Å². The summed E-state index contributed by atoms with van der Waals surface area (Å²) in [7, 11) is 4.90. The lowest BCUT2D eigenvalue weighted by molar-refractivity contribution is -0.140. The highest BCUT2D eigenvalue weighted by molar-refractivity contribution is 5.80. The normalized spacial score (nSPS) is 17.1. The Balaban J connectivity index is 1.75. The Morgan fingerprint density at radius 3 is 2.85 bits per heavy atom. The summed E-state index contributed by atoms with van der Waals surface area (Å²) < 4.78 is 10.1. The highest BCUT2D eigenvalue weighted by Crippen LogP contribution is 2.30. The zero-order chi connectivity index (χ0) is 18.8. The van der Waals surface area contributed by atoms with Gasteiger partial charge in [-0.1, -0.05) is 12.1 Å². The molecule has 0 spiro atoms. The van der Waals surface area contributed by atoms with Crippen molar-refractivity contribution < 1.29 is 14.3 Å². The van der Waals surface area contributed by atoms with Crippen molar-refractivity contribution in [2.24, 2.45) is 4.99 Å². The average Bonchev–Trinajstić information content (AvgIpc) is 3.14. The van der Waals surface area contributed by atoms with E-state index in [0.717, 1.165) is 56.3 Å². The number of ether oxygens (including phenoxy) is 2. The molecule has 0 amide bonds. The SMILES string of the molecule is CN=C(NCCCCC(=O)OC)NC1CCN(c2ccccc2OC)C1. The molecule has 7 nitrogen and oxygen atoms in total. The van der Waals surface area contributed by atoms with Crippen LogP contribution in [0, 0.1) is 0 Å². The monoisotopic (exact) mass is 362 g/mol. The van der Waals surface area contributed by atoms with Crippen molar-refractivity contribution in [2.45, 2.75) is 31.7 Å². The molecule has 1 saturated heterocycles. The number of hydrogen-bond donors (Lipinski definition) is 2. The zero-order valence-corrected chi connectivity index (χ0v) is 16.0. The first-order chi connectivity index (χ1) is 12.7. The predicted molar refractivity (Wildman–Crippen MR) is 104 cm³/mol. The van der Waals surface area contributed by atoms with E-state index in [1.54, 1.807) is 14.2 Å². The van der Waals surface area contributed by atoms with Gasteiger partial charge in [0.2, 0.25) is 0 Å². The van der Waals surface area contributed by atoms with Crippen molar-refractivity contribution in [3.05, 3.63) is 24.3 Å². The maximum atomic E-state index is 11.1. The molecule has 1 aliphatic rings. The molecule has 1 fully saturated rings. The number of carbonyl (C=O) groups is 1. The molecule has 1 heterocycles.